The van der Waals surface area contributed by atoms with Gasteiger partial charge < -0.3 is 9.69 Å². The van der Waals surface area contributed by atoms with Gasteiger partial charge in [0.25, 0.3) is 0 Å². The van der Waals surface area contributed by atoms with Crippen LogP contribution in [0, 0.1) is 0 Å². The third kappa shape index (κ3) is 3.48. The van der Waals surface area contributed by atoms with Crippen molar-refractivity contribution in [2.75, 3.05) is 14.1 Å². The summed E-state index contributed by atoms with van der Waals surface area (Å²) < 4.78 is 0. The van der Waals surface area contributed by atoms with Gasteiger partial charge in [-0.25, -0.2) is 0 Å². The van der Waals surface area contributed by atoms with Crippen molar-refractivity contribution in [3.05, 3.63) is 35.4 Å². The molecule has 0 bridgehead atoms. The third-order valence-corrected chi connectivity index (χ3v) is 2.52. The molecule has 0 aliphatic carbocycles. The Balaban J connectivity index is 2.89. The highest BCUT2D eigenvalue weighted by Crippen LogP contribution is 2.22. The van der Waals surface area contributed by atoms with Crippen LogP contribution < -0.4 is 0 Å². The van der Waals surface area contributed by atoms with Gasteiger partial charge in [-0.1, -0.05) is 31.2 Å². The monoisotopic (exact) mass is 205 g/mol. The number of carbonyl (C=O) groups excluding carboxylic acids is 1. The second-order valence-corrected chi connectivity index (χ2v) is 4.24. The molecule has 0 fully saturated rings. The van der Waals surface area contributed by atoms with Crippen LogP contribution in [0.25, 0.3) is 0 Å². The molecule has 0 spiro atoms. The minimum atomic E-state index is 0.318. The van der Waals surface area contributed by atoms with E-state index in [9.17, 15) is 4.79 Å². The molecule has 15 heavy (non-hydrogen) atoms. The average Bonchev–Trinajstić information content (AvgIpc) is 2.18. The van der Waals surface area contributed by atoms with E-state index < -0.39 is 0 Å². The van der Waals surface area contributed by atoms with Gasteiger partial charge in [0, 0.05) is 13.0 Å². The third-order valence-electron chi connectivity index (χ3n) is 2.52. The van der Waals surface area contributed by atoms with Crippen molar-refractivity contribution in [3.8, 4) is 0 Å². The molecule has 2 heteroatoms. The summed E-state index contributed by atoms with van der Waals surface area (Å²) in [5.74, 6) is 0.318. The lowest BCUT2D eigenvalue weighted by Crippen LogP contribution is -2.13. The van der Waals surface area contributed by atoms with E-state index in [2.05, 4.69) is 44.1 Å². The molecule has 1 unspecified atom stereocenters. The molecule has 0 saturated carbocycles. The van der Waals surface area contributed by atoms with Crippen molar-refractivity contribution >= 4 is 6.29 Å². The van der Waals surface area contributed by atoms with Crippen molar-refractivity contribution in [2.45, 2.75) is 25.8 Å². The maximum atomic E-state index is 10.5. The molecule has 82 valence electrons. The molecular weight excluding hydrogens is 186 g/mol. The summed E-state index contributed by atoms with van der Waals surface area (Å²) >= 11 is 0. The first-order valence-electron chi connectivity index (χ1n) is 5.31. The second kappa shape index (κ2) is 5.66. The number of benzene rings is 1. The number of hydrogen-bond donors (Lipinski definition) is 0. The molecule has 0 amide bonds. The largest absolute Gasteiger partial charge is 0.305 e. The molecule has 0 radical (unpaired) electrons. The van der Waals surface area contributed by atoms with Gasteiger partial charge >= 0.3 is 0 Å². The van der Waals surface area contributed by atoms with Crippen molar-refractivity contribution < 1.29 is 4.79 Å². The Kier molecular flexibility index (Phi) is 4.50. The van der Waals surface area contributed by atoms with E-state index in [-0.39, 0.29) is 0 Å². The number of nitrogens with zero attached hydrogens (tertiary/aromatic N) is 1. The summed E-state index contributed by atoms with van der Waals surface area (Å²) in [5, 5.41) is 0. The van der Waals surface area contributed by atoms with Gasteiger partial charge in [0.2, 0.25) is 0 Å². The second-order valence-electron chi connectivity index (χ2n) is 4.24. The molecular formula is C13H19NO. The molecule has 0 N–H and O–H groups in total. The fourth-order valence-electron chi connectivity index (χ4n) is 1.77. The maximum Gasteiger partial charge on any atom is 0.120 e. The Morgan fingerprint density at radius 2 is 2.00 bits per heavy atom. The summed E-state index contributed by atoms with van der Waals surface area (Å²) in [4.78, 5) is 12.7. The highest BCUT2D eigenvalue weighted by Gasteiger charge is 2.09. The highest BCUT2D eigenvalue weighted by atomic mass is 16.1. The van der Waals surface area contributed by atoms with Gasteiger partial charge in [-0.05, 0) is 31.1 Å². The average molecular weight is 205 g/mol. The van der Waals surface area contributed by atoms with Crippen molar-refractivity contribution in [1.29, 1.82) is 0 Å². The SMILES string of the molecule is CC(CC=O)c1ccccc1CN(C)C. The first-order valence-corrected chi connectivity index (χ1v) is 5.31. The van der Waals surface area contributed by atoms with Gasteiger partial charge in [0.1, 0.15) is 6.29 Å². The Bertz CT molecular complexity index is 320. The van der Waals surface area contributed by atoms with E-state index in [1.807, 2.05) is 6.07 Å². The lowest BCUT2D eigenvalue weighted by Gasteiger charge is -2.17. The van der Waals surface area contributed by atoms with Gasteiger partial charge in [0.05, 0.1) is 0 Å². The Morgan fingerprint density at radius 3 is 2.60 bits per heavy atom. The Hall–Kier alpha value is -1.15. The van der Waals surface area contributed by atoms with Crippen molar-refractivity contribution in [3.63, 3.8) is 0 Å². The summed E-state index contributed by atoms with van der Waals surface area (Å²) in [7, 11) is 4.11. The zero-order valence-corrected chi connectivity index (χ0v) is 9.73. The quantitative estimate of drug-likeness (QED) is 0.688. The molecule has 0 heterocycles. The molecule has 0 saturated heterocycles. The summed E-state index contributed by atoms with van der Waals surface area (Å²) in [6.45, 7) is 3.03. The van der Waals surface area contributed by atoms with Crippen LogP contribution in [-0.2, 0) is 11.3 Å². The van der Waals surface area contributed by atoms with Crippen LogP contribution in [0.5, 0.6) is 0 Å². The number of carbonyl (C=O) groups is 1. The van der Waals surface area contributed by atoms with Crippen LogP contribution in [0.15, 0.2) is 24.3 Å². The minimum absolute atomic E-state index is 0.318. The standard InChI is InChI=1S/C13H19NO/c1-11(8-9-15)13-7-5-4-6-12(13)10-14(2)3/h4-7,9,11H,8,10H2,1-3H3. The van der Waals surface area contributed by atoms with Gasteiger partial charge in [0.15, 0.2) is 0 Å². The van der Waals surface area contributed by atoms with Crippen LogP contribution >= 0.6 is 0 Å². The predicted molar refractivity (Wildman–Crippen MR) is 62.9 cm³/mol. The lowest BCUT2D eigenvalue weighted by molar-refractivity contribution is -0.108. The lowest BCUT2D eigenvalue weighted by atomic mass is 9.93. The summed E-state index contributed by atoms with van der Waals surface area (Å²) in [5.41, 5.74) is 2.61. The fraction of sp³-hybridized carbons (Fsp3) is 0.462. The molecule has 1 aromatic carbocycles. The number of hydrogen-bond acceptors (Lipinski definition) is 2. The zero-order valence-electron chi connectivity index (χ0n) is 9.73. The molecule has 1 atom stereocenters. The van der Waals surface area contributed by atoms with Gasteiger partial charge in [-0.3, -0.25) is 0 Å². The molecule has 0 aromatic heterocycles. The van der Waals surface area contributed by atoms with E-state index >= 15 is 0 Å². The number of aldehydes is 1. The topological polar surface area (TPSA) is 20.3 Å². The van der Waals surface area contributed by atoms with E-state index in [1.54, 1.807) is 0 Å². The van der Waals surface area contributed by atoms with Crippen molar-refractivity contribution in [1.82, 2.24) is 4.90 Å². The molecule has 2 nitrogen and oxygen atoms in total. The molecule has 1 rings (SSSR count). The van der Waals surface area contributed by atoms with Crippen molar-refractivity contribution in [2.24, 2.45) is 0 Å². The fourth-order valence-corrected chi connectivity index (χ4v) is 1.77. The molecule has 0 aliphatic rings. The van der Waals surface area contributed by atoms with Crippen LogP contribution in [0.3, 0.4) is 0 Å². The first-order chi connectivity index (χ1) is 7.15. The first kappa shape index (κ1) is 11.9. The molecule has 0 aliphatic heterocycles. The Labute approximate surface area is 91.9 Å². The number of rotatable bonds is 5. The van der Waals surface area contributed by atoms with Crippen LogP contribution in [-0.4, -0.2) is 25.3 Å². The predicted octanol–water partition coefficient (Wildman–Crippen LogP) is 2.44. The van der Waals surface area contributed by atoms with Gasteiger partial charge in [-0.15, -0.1) is 0 Å². The zero-order chi connectivity index (χ0) is 11.3. The van der Waals surface area contributed by atoms with Gasteiger partial charge in [-0.2, -0.15) is 0 Å². The Morgan fingerprint density at radius 1 is 1.33 bits per heavy atom. The minimum Gasteiger partial charge on any atom is -0.305 e. The highest BCUT2D eigenvalue weighted by molar-refractivity contribution is 5.52. The van der Waals surface area contributed by atoms with Crippen LogP contribution in [0.2, 0.25) is 0 Å². The van der Waals surface area contributed by atoms with E-state index in [0.29, 0.717) is 12.3 Å². The molecule has 1 aromatic rings. The summed E-state index contributed by atoms with van der Waals surface area (Å²) in [6.07, 6.45) is 1.60. The summed E-state index contributed by atoms with van der Waals surface area (Å²) in [6, 6.07) is 8.34. The van der Waals surface area contributed by atoms with E-state index in [1.165, 1.54) is 11.1 Å². The van der Waals surface area contributed by atoms with Crippen LogP contribution in [0.1, 0.15) is 30.4 Å². The van der Waals surface area contributed by atoms with E-state index in [0.717, 1.165) is 12.8 Å². The van der Waals surface area contributed by atoms with Crippen LogP contribution in [0.4, 0.5) is 0 Å². The normalized spacial score (nSPS) is 12.8. The van der Waals surface area contributed by atoms with E-state index in [4.69, 9.17) is 0 Å². The smallest absolute Gasteiger partial charge is 0.120 e. The maximum absolute atomic E-state index is 10.5.